The second-order valence-corrected chi connectivity index (χ2v) is 5.98. The predicted octanol–water partition coefficient (Wildman–Crippen LogP) is 3.69. The van der Waals surface area contributed by atoms with Gasteiger partial charge in [0.2, 0.25) is 0 Å². The van der Waals surface area contributed by atoms with E-state index >= 15 is 0 Å². The molecule has 2 nitrogen and oxygen atoms in total. The Kier molecular flexibility index (Phi) is 4.59. The molecule has 1 aliphatic carbocycles. The van der Waals surface area contributed by atoms with Gasteiger partial charge in [-0.25, -0.2) is 4.39 Å². The number of halogens is 2. The van der Waals surface area contributed by atoms with Crippen LogP contribution < -0.4 is 0 Å². The molecule has 0 unspecified atom stereocenters. The first-order valence-electron chi connectivity index (χ1n) is 6.36. The van der Waals surface area contributed by atoms with E-state index in [0.717, 1.165) is 19.5 Å². The lowest BCUT2D eigenvalue weighted by molar-refractivity contribution is 0.0746. The Labute approximate surface area is 121 Å². The van der Waals surface area contributed by atoms with Crippen LogP contribution in [0.4, 0.5) is 4.39 Å². The van der Waals surface area contributed by atoms with Crippen LogP contribution in [0.2, 0.25) is 0 Å². The van der Waals surface area contributed by atoms with Gasteiger partial charge in [-0.15, -0.1) is 0 Å². The van der Waals surface area contributed by atoms with Gasteiger partial charge in [0, 0.05) is 16.7 Å². The third-order valence-electron chi connectivity index (χ3n) is 3.12. The van der Waals surface area contributed by atoms with E-state index in [1.54, 1.807) is 6.07 Å². The van der Waals surface area contributed by atoms with Gasteiger partial charge >= 0.3 is 0 Å². The fourth-order valence-corrected chi connectivity index (χ4v) is 2.70. The molecule has 1 fully saturated rings. The average molecular weight is 361 g/mol. The molecular formula is C14H17FINO. The molecule has 4 heteroatoms. The Hall–Kier alpha value is -0.650. The number of carbonyl (C=O) groups excluding carboxylic acids is 1. The molecule has 0 bridgehead atoms. The average Bonchev–Trinajstić information content (AvgIpc) is 3.11. The van der Waals surface area contributed by atoms with E-state index in [4.69, 9.17) is 0 Å². The Morgan fingerprint density at radius 3 is 2.78 bits per heavy atom. The summed E-state index contributed by atoms with van der Waals surface area (Å²) in [6, 6.07) is 4.36. The van der Waals surface area contributed by atoms with E-state index in [1.807, 2.05) is 27.5 Å². The second-order valence-electron chi connectivity index (χ2n) is 4.82. The van der Waals surface area contributed by atoms with Gasteiger partial charge in [0.1, 0.15) is 5.82 Å². The van der Waals surface area contributed by atoms with Crippen LogP contribution >= 0.6 is 22.6 Å². The van der Waals surface area contributed by atoms with Crippen molar-refractivity contribution in [2.45, 2.75) is 26.2 Å². The Morgan fingerprint density at radius 1 is 1.50 bits per heavy atom. The van der Waals surface area contributed by atoms with Crippen molar-refractivity contribution in [3.05, 3.63) is 33.1 Å². The first kappa shape index (κ1) is 13.8. The van der Waals surface area contributed by atoms with Crippen LogP contribution in [0.1, 0.15) is 36.5 Å². The lowest BCUT2D eigenvalue weighted by atomic mass is 10.2. The molecule has 0 radical (unpaired) electrons. The Bertz CT molecular complexity index is 445. The molecule has 0 aromatic heterocycles. The largest absolute Gasteiger partial charge is 0.338 e. The molecule has 0 aliphatic heterocycles. The first-order chi connectivity index (χ1) is 8.61. The fraction of sp³-hybridized carbons (Fsp3) is 0.500. The van der Waals surface area contributed by atoms with Crippen molar-refractivity contribution < 1.29 is 9.18 Å². The van der Waals surface area contributed by atoms with E-state index in [0.29, 0.717) is 15.1 Å². The number of hydrogen-bond acceptors (Lipinski definition) is 1. The van der Waals surface area contributed by atoms with Crippen LogP contribution in [0.5, 0.6) is 0 Å². The van der Waals surface area contributed by atoms with E-state index in [1.165, 1.54) is 25.0 Å². The monoisotopic (exact) mass is 361 g/mol. The van der Waals surface area contributed by atoms with Gasteiger partial charge in [-0.05, 0) is 66.0 Å². The van der Waals surface area contributed by atoms with Crippen molar-refractivity contribution in [2.75, 3.05) is 13.1 Å². The van der Waals surface area contributed by atoms with Crippen LogP contribution in [0.25, 0.3) is 0 Å². The van der Waals surface area contributed by atoms with Crippen LogP contribution in [0, 0.1) is 15.3 Å². The molecule has 0 heterocycles. The minimum absolute atomic E-state index is 0.0353. The van der Waals surface area contributed by atoms with Crippen molar-refractivity contribution in [3.63, 3.8) is 0 Å². The summed E-state index contributed by atoms with van der Waals surface area (Å²) in [4.78, 5) is 14.3. The molecule has 1 aliphatic rings. The molecule has 0 N–H and O–H groups in total. The summed E-state index contributed by atoms with van der Waals surface area (Å²) >= 11 is 2.02. The van der Waals surface area contributed by atoms with E-state index < -0.39 is 0 Å². The zero-order valence-corrected chi connectivity index (χ0v) is 12.6. The quantitative estimate of drug-likeness (QED) is 0.733. The van der Waals surface area contributed by atoms with Gasteiger partial charge in [-0.3, -0.25) is 4.79 Å². The molecule has 18 heavy (non-hydrogen) atoms. The lowest BCUT2D eigenvalue weighted by Gasteiger charge is -2.22. The Morgan fingerprint density at radius 2 is 2.22 bits per heavy atom. The molecule has 0 saturated heterocycles. The van der Waals surface area contributed by atoms with Crippen molar-refractivity contribution in [3.8, 4) is 0 Å². The second kappa shape index (κ2) is 5.99. The number of hydrogen-bond donors (Lipinski definition) is 0. The zero-order valence-electron chi connectivity index (χ0n) is 10.5. The molecular weight excluding hydrogens is 344 g/mol. The number of benzene rings is 1. The zero-order chi connectivity index (χ0) is 13.1. The highest BCUT2D eigenvalue weighted by atomic mass is 127. The van der Waals surface area contributed by atoms with Gasteiger partial charge in [0.05, 0.1) is 5.56 Å². The van der Waals surface area contributed by atoms with Gasteiger partial charge in [0.25, 0.3) is 5.91 Å². The topological polar surface area (TPSA) is 20.3 Å². The third kappa shape index (κ3) is 3.43. The van der Waals surface area contributed by atoms with Gasteiger partial charge < -0.3 is 4.90 Å². The SMILES string of the molecule is CCCN(CC1CC1)C(=O)c1ccc(F)cc1I. The summed E-state index contributed by atoms with van der Waals surface area (Å²) in [6.45, 7) is 3.70. The molecule has 1 aromatic rings. The summed E-state index contributed by atoms with van der Waals surface area (Å²) in [6.07, 6.45) is 3.41. The number of rotatable bonds is 5. The van der Waals surface area contributed by atoms with Crippen LogP contribution in [0.3, 0.4) is 0 Å². The smallest absolute Gasteiger partial charge is 0.254 e. The van der Waals surface area contributed by atoms with Crippen LogP contribution in [-0.4, -0.2) is 23.9 Å². The van der Waals surface area contributed by atoms with Gasteiger partial charge in [0.15, 0.2) is 0 Å². The minimum Gasteiger partial charge on any atom is -0.338 e. The predicted molar refractivity (Wildman–Crippen MR) is 78.0 cm³/mol. The maximum Gasteiger partial charge on any atom is 0.254 e. The standard InChI is InChI=1S/C14H17FINO/c1-2-7-17(9-10-3-4-10)14(18)12-6-5-11(15)8-13(12)16/h5-6,8,10H,2-4,7,9H2,1H3. The summed E-state index contributed by atoms with van der Waals surface area (Å²) in [7, 11) is 0. The van der Waals surface area contributed by atoms with E-state index in [9.17, 15) is 9.18 Å². The highest BCUT2D eigenvalue weighted by Crippen LogP contribution is 2.30. The van der Waals surface area contributed by atoms with Crippen LogP contribution in [-0.2, 0) is 0 Å². The maximum atomic E-state index is 13.1. The number of carbonyl (C=O) groups is 1. The van der Waals surface area contributed by atoms with Crippen molar-refractivity contribution in [1.29, 1.82) is 0 Å². The molecule has 1 amide bonds. The third-order valence-corrected chi connectivity index (χ3v) is 4.01. The number of amides is 1. The lowest BCUT2D eigenvalue weighted by Crippen LogP contribution is -2.34. The molecule has 1 saturated carbocycles. The van der Waals surface area contributed by atoms with Gasteiger partial charge in [-0.2, -0.15) is 0 Å². The molecule has 2 rings (SSSR count). The summed E-state index contributed by atoms with van der Waals surface area (Å²) in [5, 5.41) is 0. The molecule has 1 aromatic carbocycles. The fourth-order valence-electron chi connectivity index (χ4n) is 1.99. The molecule has 0 spiro atoms. The van der Waals surface area contributed by atoms with Gasteiger partial charge in [-0.1, -0.05) is 6.92 Å². The van der Waals surface area contributed by atoms with E-state index in [-0.39, 0.29) is 11.7 Å². The first-order valence-corrected chi connectivity index (χ1v) is 7.44. The van der Waals surface area contributed by atoms with E-state index in [2.05, 4.69) is 6.92 Å². The molecule has 0 atom stereocenters. The minimum atomic E-state index is -0.291. The van der Waals surface area contributed by atoms with Crippen molar-refractivity contribution in [2.24, 2.45) is 5.92 Å². The number of nitrogens with zero attached hydrogens (tertiary/aromatic N) is 1. The van der Waals surface area contributed by atoms with Crippen molar-refractivity contribution >= 4 is 28.5 Å². The molecule has 98 valence electrons. The summed E-state index contributed by atoms with van der Waals surface area (Å²) < 4.78 is 13.7. The maximum absolute atomic E-state index is 13.1. The highest BCUT2D eigenvalue weighted by Gasteiger charge is 2.27. The Balaban J connectivity index is 2.15. The normalized spacial score (nSPS) is 14.6. The summed E-state index contributed by atoms with van der Waals surface area (Å²) in [5.41, 5.74) is 0.617. The van der Waals surface area contributed by atoms with Crippen molar-refractivity contribution in [1.82, 2.24) is 4.90 Å². The highest BCUT2D eigenvalue weighted by molar-refractivity contribution is 14.1. The van der Waals surface area contributed by atoms with Crippen LogP contribution in [0.15, 0.2) is 18.2 Å². The summed E-state index contributed by atoms with van der Waals surface area (Å²) in [5.74, 6) is 0.423.